The van der Waals surface area contributed by atoms with Gasteiger partial charge >= 0.3 is 0 Å². The van der Waals surface area contributed by atoms with E-state index in [1.54, 1.807) is 16.7 Å². The minimum absolute atomic E-state index is 0.450. The first kappa shape index (κ1) is 27.4. The Morgan fingerprint density at radius 2 is 1.88 bits per heavy atom. The van der Waals surface area contributed by atoms with Crippen LogP contribution in [0, 0.1) is 22.7 Å². The minimum Gasteiger partial charge on any atom is -0.306 e. The molecule has 49 heavy (non-hydrogen) atoms. The molecular weight excluding hydrogens is 595 g/mol. The molecule has 0 bridgehead atoms. The van der Waals surface area contributed by atoms with E-state index in [1.807, 2.05) is 0 Å². The molecule has 0 amide bonds. The van der Waals surface area contributed by atoms with Crippen LogP contribution in [0.2, 0.25) is 0 Å². The molecule has 0 N–H and O–H groups in total. The highest BCUT2D eigenvalue weighted by molar-refractivity contribution is 6.28. The van der Waals surface area contributed by atoms with Gasteiger partial charge in [0.25, 0.3) is 0 Å². The molecule has 3 saturated carbocycles. The molecule has 240 valence electrons. The molecule has 3 heterocycles. The van der Waals surface area contributed by atoms with Gasteiger partial charge in [0.15, 0.2) is 0 Å². The van der Waals surface area contributed by atoms with Crippen molar-refractivity contribution in [2.24, 2.45) is 11.3 Å². The smallest absolute Gasteiger partial charge is 0.0998 e. The number of nitriles is 1. The number of nitrogens with zero attached hydrogens (tertiary/aromatic N) is 3. The molecule has 3 aromatic heterocycles. The first-order valence-electron chi connectivity index (χ1n) is 19.1. The van der Waals surface area contributed by atoms with Gasteiger partial charge in [0, 0.05) is 38.9 Å². The number of benzene rings is 3. The normalized spacial score (nSPS) is 27.3. The van der Waals surface area contributed by atoms with E-state index in [0.29, 0.717) is 17.3 Å². The number of aromatic nitrogens is 2. The maximum atomic E-state index is 10.5. The van der Waals surface area contributed by atoms with Crippen LogP contribution in [0.1, 0.15) is 141 Å². The van der Waals surface area contributed by atoms with Crippen LogP contribution < -0.4 is 0 Å². The van der Waals surface area contributed by atoms with Crippen LogP contribution in [0.25, 0.3) is 61.4 Å². The van der Waals surface area contributed by atoms with Gasteiger partial charge in [-0.25, -0.2) is 0 Å². The number of fused-ring (bicyclic) bond motifs is 21. The average molecular weight is 636 g/mol. The van der Waals surface area contributed by atoms with Gasteiger partial charge in [-0.2, -0.15) is 5.26 Å². The summed E-state index contributed by atoms with van der Waals surface area (Å²) in [6.45, 7) is 9.07. The molecular formula is C46H41N3. The molecule has 3 heteroatoms. The lowest BCUT2D eigenvalue weighted by atomic mass is 9.88. The predicted octanol–water partition coefficient (Wildman–Crippen LogP) is 11.7. The highest BCUT2D eigenvalue weighted by Gasteiger charge is 2.56. The van der Waals surface area contributed by atoms with E-state index < -0.39 is 0 Å². The molecule has 13 rings (SSSR count). The molecule has 3 fully saturated rings. The lowest BCUT2D eigenvalue weighted by Gasteiger charge is -2.14. The zero-order chi connectivity index (χ0) is 32.7. The van der Waals surface area contributed by atoms with Gasteiger partial charge < -0.3 is 4.40 Å². The summed E-state index contributed by atoms with van der Waals surface area (Å²) in [5.74, 6) is 2.56. The Bertz CT molecular complexity index is 2670. The van der Waals surface area contributed by atoms with Crippen molar-refractivity contribution < 1.29 is 0 Å². The van der Waals surface area contributed by atoms with Crippen LogP contribution in [0.3, 0.4) is 0 Å². The van der Waals surface area contributed by atoms with Crippen molar-refractivity contribution in [3.8, 4) is 17.2 Å². The van der Waals surface area contributed by atoms with Gasteiger partial charge in [-0.1, -0.05) is 62.6 Å². The Morgan fingerprint density at radius 1 is 1.00 bits per heavy atom. The number of hydrogen-bond donors (Lipinski definition) is 0. The topological polar surface area (TPSA) is 41.1 Å². The Balaban J connectivity index is 0.000000894. The fraction of sp³-hybridized carbons (Fsp3) is 0.391. The van der Waals surface area contributed by atoms with Gasteiger partial charge in [0.2, 0.25) is 0 Å². The molecule has 0 saturated heterocycles. The van der Waals surface area contributed by atoms with Crippen LogP contribution in [-0.4, -0.2) is 9.38 Å². The second kappa shape index (κ2) is 8.83. The third kappa shape index (κ3) is 3.24. The van der Waals surface area contributed by atoms with Crippen molar-refractivity contribution in [2.75, 3.05) is 0 Å². The predicted molar refractivity (Wildman–Crippen MR) is 201 cm³/mol. The average Bonchev–Trinajstić information content (AvgIpc) is 3.51. The highest BCUT2D eigenvalue weighted by Crippen LogP contribution is 2.67. The van der Waals surface area contributed by atoms with Crippen molar-refractivity contribution in [1.82, 2.24) is 9.38 Å². The molecule has 0 radical (unpaired) electrons. The van der Waals surface area contributed by atoms with E-state index in [9.17, 15) is 5.26 Å². The molecule has 6 aromatic rings. The van der Waals surface area contributed by atoms with Crippen molar-refractivity contribution in [3.05, 3.63) is 91.8 Å². The van der Waals surface area contributed by atoms with E-state index in [0.717, 1.165) is 30.2 Å². The first-order valence-corrected chi connectivity index (χ1v) is 19.1. The SMILES string of the molecule is CC1=Cc2c(ncc3c2c2cc4c(c5c6c7c(c(C#N)cc6n3c25)C=C2CCCC27)Cc2cc3c(cc2-4)CC2(C)CC32)C2CC2C1.CCC. The fourth-order valence-corrected chi connectivity index (χ4v) is 11.8. The molecule has 0 aliphatic heterocycles. The van der Waals surface area contributed by atoms with Crippen molar-refractivity contribution in [1.29, 1.82) is 5.26 Å². The number of allylic oxidation sites excluding steroid dienone is 2. The first-order chi connectivity index (χ1) is 23.9. The van der Waals surface area contributed by atoms with Crippen molar-refractivity contribution in [3.63, 3.8) is 0 Å². The van der Waals surface area contributed by atoms with Gasteiger partial charge in [-0.05, 0) is 132 Å². The van der Waals surface area contributed by atoms with E-state index in [1.165, 1.54) is 133 Å². The molecule has 3 nitrogen and oxygen atoms in total. The van der Waals surface area contributed by atoms with E-state index in [4.69, 9.17) is 4.98 Å². The maximum Gasteiger partial charge on any atom is 0.0998 e. The molecule has 5 unspecified atom stereocenters. The highest BCUT2D eigenvalue weighted by atomic mass is 14.9. The Hall–Kier alpha value is -4.42. The van der Waals surface area contributed by atoms with Crippen molar-refractivity contribution in [2.45, 2.75) is 103 Å². The van der Waals surface area contributed by atoms with Crippen LogP contribution in [0.15, 0.2) is 41.6 Å². The third-order valence-electron chi connectivity index (χ3n) is 13.9. The second-order valence-electron chi connectivity index (χ2n) is 17.2. The summed E-state index contributed by atoms with van der Waals surface area (Å²) in [4.78, 5) is 5.26. The van der Waals surface area contributed by atoms with Crippen molar-refractivity contribution >= 4 is 50.2 Å². The Labute approximate surface area is 287 Å². The number of pyridine rings is 1. The summed E-state index contributed by atoms with van der Waals surface area (Å²) < 4.78 is 2.54. The van der Waals surface area contributed by atoms with Gasteiger partial charge in [-0.15, -0.1) is 0 Å². The van der Waals surface area contributed by atoms with E-state index in [-0.39, 0.29) is 0 Å². The summed E-state index contributed by atoms with van der Waals surface area (Å²) in [6.07, 6.45) is 18.0. The lowest BCUT2D eigenvalue weighted by Crippen LogP contribution is -1.97. The quantitative estimate of drug-likeness (QED) is 0.166. The van der Waals surface area contributed by atoms with Gasteiger partial charge in [0.05, 0.1) is 40.1 Å². The lowest BCUT2D eigenvalue weighted by molar-refractivity contribution is 0.579. The van der Waals surface area contributed by atoms with Crippen LogP contribution in [0.4, 0.5) is 0 Å². The molecule has 7 aliphatic carbocycles. The van der Waals surface area contributed by atoms with E-state index in [2.05, 4.69) is 80.8 Å². The van der Waals surface area contributed by atoms with Crippen LogP contribution in [-0.2, 0) is 12.8 Å². The maximum absolute atomic E-state index is 10.5. The fourth-order valence-electron chi connectivity index (χ4n) is 11.8. The Morgan fingerprint density at radius 3 is 2.73 bits per heavy atom. The second-order valence-corrected chi connectivity index (χ2v) is 17.2. The monoisotopic (exact) mass is 635 g/mol. The summed E-state index contributed by atoms with van der Waals surface area (Å²) in [7, 11) is 0. The van der Waals surface area contributed by atoms with E-state index >= 15 is 0 Å². The molecule has 5 atom stereocenters. The minimum atomic E-state index is 0.450. The van der Waals surface area contributed by atoms with Gasteiger partial charge in [0.1, 0.15) is 0 Å². The largest absolute Gasteiger partial charge is 0.306 e. The standard InChI is InChI=1S/C43H33N3.C3H8/c1-19-6-21-10-29(21)41-32(7-19)37-33-14-30-26-12-23-15-43(2)16-34(43)27(23)9-22(26)11-31(30)39-40-35(46(42(33)39)36(37)18-45-41)13-24(17-44)28-8-20-4-3-5-25(20)38(28)40;1-3-2/h7-9,12-14,18,21,25,29,34H,3-6,10-11,15-16H2,1-2H3;3H2,1-2H3. The zero-order valence-electron chi connectivity index (χ0n) is 29.1. The summed E-state index contributed by atoms with van der Waals surface area (Å²) in [6, 6.07) is 12.7. The Kier molecular flexibility index (Phi) is 4.94. The zero-order valence-corrected chi connectivity index (χ0v) is 29.1. The van der Waals surface area contributed by atoms with Crippen LogP contribution >= 0.6 is 0 Å². The molecule has 3 aromatic carbocycles. The number of hydrogen-bond acceptors (Lipinski definition) is 2. The molecule has 0 spiro atoms. The summed E-state index contributed by atoms with van der Waals surface area (Å²) in [5.41, 5.74) is 22.7. The summed E-state index contributed by atoms with van der Waals surface area (Å²) in [5, 5.41) is 16.2. The van der Waals surface area contributed by atoms with Gasteiger partial charge in [-0.3, -0.25) is 4.98 Å². The number of rotatable bonds is 0. The van der Waals surface area contributed by atoms with Crippen LogP contribution in [0.5, 0.6) is 0 Å². The third-order valence-corrected chi connectivity index (χ3v) is 13.9. The summed E-state index contributed by atoms with van der Waals surface area (Å²) >= 11 is 0. The molecule has 7 aliphatic rings.